The Kier molecular flexibility index (Phi) is 5.31. The van der Waals surface area contributed by atoms with Crippen LogP contribution >= 0.6 is 23.4 Å². The van der Waals surface area contributed by atoms with E-state index in [2.05, 4.69) is 35.7 Å². The van der Waals surface area contributed by atoms with Crippen molar-refractivity contribution in [3.8, 4) is 0 Å². The topological polar surface area (TPSA) is 29.9 Å². The summed E-state index contributed by atoms with van der Waals surface area (Å²) in [6.07, 6.45) is 4.04. The van der Waals surface area contributed by atoms with Crippen molar-refractivity contribution in [3.05, 3.63) is 47.2 Å². The molecule has 1 aromatic heterocycles. The lowest BCUT2D eigenvalue weighted by Crippen LogP contribution is -2.18. The summed E-state index contributed by atoms with van der Waals surface area (Å²) in [6, 6.07) is 8.26. The average molecular weight is 296 g/mol. The molecule has 2 rings (SSSR count). The SMILES string of the molecule is CCn1cc(C(CSc2ccc(Cl)cc2)NC)cn1. The first kappa shape index (κ1) is 14.4. The Morgan fingerprint density at radius 2 is 2.11 bits per heavy atom. The maximum atomic E-state index is 5.88. The number of rotatable bonds is 6. The number of benzene rings is 1. The zero-order valence-electron chi connectivity index (χ0n) is 11.1. The lowest BCUT2D eigenvalue weighted by Gasteiger charge is -2.13. The minimum absolute atomic E-state index is 0.306. The van der Waals surface area contributed by atoms with E-state index < -0.39 is 0 Å². The van der Waals surface area contributed by atoms with E-state index in [0.29, 0.717) is 6.04 Å². The van der Waals surface area contributed by atoms with E-state index in [4.69, 9.17) is 11.6 Å². The van der Waals surface area contributed by atoms with Gasteiger partial charge in [0.25, 0.3) is 0 Å². The Labute approximate surface area is 123 Å². The molecule has 2 aromatic rings. The van der Waals surface area contributed by atoms with Gasteiger partial charge in [-0.05, 0) is 38.2 Å². The van der Waals surface area contributed by atoms with Gasteiger partial charge in [0, 0.05) is 40.0 Å². The van der Waals surface area contributed by atoms with Crippen molar-refractivity contribution in [3.63, 3.8) is 0 Å². The third-order valence-corrected chi connectivity index (χ3v) is 4.32. The zero-order chi connectivity index (χ0) is 13.7. The molecule has 0 aliphatic heterocycles. The smallest absolute Gasteiger partial charge is 0.0537 e. The van der Waals surface area contributed by atoms with Gasteiger partial charge in [0.05, 0.1) is 6.20 Å². The number of thioether (sulfide) groups is 1. The molecule has 1 unspecified atom stereocenters. The van der Waals surface area contributed by atoms with Gasteiger partial charge in [0.1, 0.15) is 0 Å². The molecule has 1 N–H and O–H groups in total. The monoisotopic (exact) mass is 295 g/mol. The van der Waals surface area contributed by atoms with Crippen LogP contribution in [0.4, 0.5) is 0 Å². The van der Waals surface area contributed by atoms with Gasteiger partial charge in [-0.3, -0.25) is 4.68 Å². The third kappa shape index (κ3) is 4.00. The van der Waals surface area contributed by atoms with Gasteiger partial charge in [-0.2, -0.15) is 5.10 Å². The van der Waals surface area contributed by atoms with Crippen molar-refractivity contribution < 1.29 is 0 Å². The predicted molar refractivity (Wildman–Crippen MR) is 81.9 cm³/mol. The lowest BCUT2D eigenvalue weighted by molar-refractivity contribution is 0.645. The quantitative estimate of drug-likeness (QED) is 0.826. The van der Waals surface area contributed by atoms with E-state index in [1.165, 1.54) is 10.5 Å². The van der Waals surface area contributed by atoms with Crippen molar-refractivity contribution in [2.24, 2.45) is 0 Å². The molecule has 19 heavy (non-hydrogen) atoms. The van der Waals surface area contributed by atoms with Crippen LogP contribution < -0.4 is 5.32 Å². The van der Waals surface area contributed by atoms with E-state index in [0.717, 1.165) is 17.3 Å². The second-order valence-corrected chi connectivity index (χ2v) is 5.77. The van der Waals surface area contributed by atoms with E-state index in [9.17, 15) is 0 Å². The molecule has 0 amide bonds. The van der Waals surface area contributed by atoms with E-state index >= 15 is 0 Å². The maximum absolute atomic E-state index is 5.88. The summed E-state index contributed by atoms with van der Waals surface area (Å²) in [5.41, 5.74) is 1.23. The van der Waals surface area contributed by atoms with Crippen LogP contribution in [0.25, 0.3) is 0 Å². The molecule has 1 heterocycles. The van der Waals surface area contributed by atoms with Crippen molar-refractivity contribution in [2.75, 3.05) is 12.8 Å². The van der Waals surface area contributed by atoms with Gasteiger partial charge in [0.15, 0.2) is 0 Å². The number of aryl methyl sites for hydroxylation is 1. The first-order chi connectivity index (χ1) is 9.22. The van der Waals surface area contributed by atoms with E-state index in [1.807, 2.05) is 41.8 Å². The summed E-state index contributed by atoms with van der Waals surface area (Å²) in [5.74, 6) is 0.966. The molecule has 0 aliphatic carbocycles. The highest BCUT2D eigenvalue weighted by Crippen LogP contribution is 2.25. The van der Waals surface area contributed by atoms with Crippen molar-refractivity contribution in [2.45, 2.75) is 24.4 Å². The molecular weight excluding hydrogens is 278 g/mol. The molecular formula is C14H18ClN3S. The second kappa shape index (κ2) is 6.98. The minimum Gasteiger partial charge on any atom is -0.312 e. The van der Waals surface area contributed by atoms with Crippen LogP contribution in [0.1, 0.15) is 18.5 Å². The molecule has 1 aromatic carbocycles. The van der Waals surface area contributed by atoms with Crippen molar-refractivity contribution >= 4 is 23.4 Å². The molecule has 0 saturated carbocycles. The van der Waals surface area contributed by atoms with Crippen LogP contribution in [-0.2, 0) is 6.54 Å². The summed E-state index contributed by atoms with van der Waals surface area (Å²) in [5, 5.41) is 8.43. The van der Waals surface area contributed by atoms with Crippen LogP contribution in [0, 0.1) is 0 Å². The standard InChI is InChI=1S/C14H18ClN3S/c1-3-18-9-11(8-17-18)14(16-2)10-19-13-6-4-12(15)5-7-13/h4-9,14,16H,3,10H2,1-2H3. The fraction of sp³-hybridized carbons (Fsp3) is 0.357. The minimum atomic E-state index is 0.306. The summed E-state index contributed by atoms with van der Waals surface area (Å²) in [4.78, 5) is 1.23. The van der Waals surface area contributed by atoms with Gasteiger partial charge in [-0.15, -0.1) is 11.8 Å². The Balaban J connectivity index is 1.97. The Bertz CT molecular complexity index is 510. The Morgan fingerprint density at radius 3 is 2.68 bits per heavy atom. The molecule has 0 fully saturated rings. The molecule has 0 aliphatic rings. The Hall–Kier alpha value is -0.970. The van der Waals surface area contributed by atoms with Gasteiger partial charge in [0.2, 0.25) is 0 Å². The number of hydrogen-bond donors (Lipinski definition) is 1. The third-order valence-electron chi connectivity index (χ3n) is 2.96. The fourth-order valence-corrected chi connectivity index (χ4v) is 2.96. The number of aromatic nitrogens is 2. The van der Waals surface area contributed by atoms with Crippen LogP contribution in [0.2, 0.25) is 5.02 Å². The number of nitrogens with zero attached hydrogens (tertiary/aromatic N) is 2. The largest absolute Gasteiger partial charge is 0.312 e. The maximum Gasteiger partial charge on any atom is 0.0537 e. The summed E-state index contributed by atoms with van der Waals surface area (Å²) < 4.78 is 1.95. The molecule has 102 valence electrons. The number of hydrogen-bond acceptors (Lipinski definition) is 3. The Morgan fingerprint density at radius 1 is 1.37 bits per heavy atom. The summed E-state index contributed by atoms with van der Waals surface area (Å²) >= 11 is 7.70. The number of halogens is 1. The number of nitrogens with one attached hydrogen (secondary N) is 1. The van der Waals surface area contributed by atoms with Crippen LogP contribution in [0.5, 0.6) is 0 Å². The molecule has 3 nitrogen and oxygen atoms in total. The molecule has 0 bridgehead atoms. The van der Waals surface area contributed by atoms with Gasteiger partial charge < -0.3 is 5.32 Å². The fourth-order valence-electron chi connectivity index (χ4n) is 1.79. The molecule has 0 saturated heterocycles. The predicted octanol–water partition coefficient (Wildman–Crippen LogP) is 3.61. The highest BCUT2D eigenvalue weighted by atomic mass is 35.5. The van der Waals surface area contributed by atoms with Crippen molar-refractivity contribution in [1.29, 1.82) is 0 Å². The lowest BCUT2D eigenvalue weighted by atomic mass is 10.2. The zero-order valence-corrected chi connectivity index (χ0v) is 12.7. The van der Waals surface area contributed by atoms with E-state index in [1.54, 1.807) is 0 Å². The average Bonchev–Trinajstić information content (AvgIpc) is 2.90. The summed E-state index contributed by atoms with van der Waals surface area (Å²) in [7, 11) is 1.98. The highest BCUT2D eigenvalue weighted by molar-refractivity contribution is 7.99. The normalized spacial score (nSPS) is 12.6. The van der Waals surface area contributed by atoms with E-state index in [-0.39, 0.29) is 0 Å². The van der Waals surface area contributed by atoms with Crippen LogP contribution in [0.3, 0.4) is 0 Å². The first-order valence-corrected chi connectivity index (χ1v) is 7.67. The van der Waals surface area contributed by atoms with Gasteiger partial charge in [-0.1, -0.05) is 11.6 Å². The van der Waals surface area contributed by atoms with Gasteiger partial charge in [-0.25, -0.2) is 0 Å². The molecule has 5 heteroatoms. The highest BCUT2D eigenvalue weighted by Gasteiger charge is 2.11. The molecule has 1 atom stereocenters. The molecule has 0 radical (unpaired) electrons. The van der Waals surface area contributed by atoms with Gasteiger partial charge >= 0.3 is 0 Å². The van der Waals surface area contributed by atoms with Crippen molar-refractivity contribution in [1.82, 2.24) is 15.1 Å². The first-order valence-electron chi connectivity index (χ1n) is 6.31. The second-order valence-electron chi connectivity index (χ2n) is 4.24. The van der Waals surface area contributed by atoms with Crippen LogP contribution in [0.15, 0.2) is 41.6 Å². The summed E-state index contributed by atoms with van der Waals surface area (Å²) in [6.45, 7) is 2.99. The van der Waals surface area contributed by atoms with Crippen LogP contribution in [-0.4, -0.2) is 22.6 Å². The molecule has 0 spiro atoms.